The lowest BCUT2D eigenvalue weighted by atomic mass is 9.85. The van der Waals surface area contributed by atoms with Crippen LogP contribution in [-0.4, -0.2) is 55.0 Å². The Bertz CT molecular complexity index is 1290. The maximum absolute atomic E-state index is 13.7. The molecular formula is C33H46N4O4S. The summed E-state index contributed by atoms with van der Waals surface area (Å²) in [5, 5.41) is 13.7. The van der Waals surface area contributed by atoms with Crippen molar-refractivity contribution in [2.75, 3.05) is 18.8 Å². The fraction of sp³-hybridized carbons (Fsp3) is 0.424. The van der Waals surface area contributed by atoms with E-state index in [-0.39, 0.29) is 16.7 Å². The second-order valence-electron chi connectivity index (χ2n) is 11.3. The van der Waals surface area contributed by atoms with E-state index in [9.17, 15) is 18.3 Å². The van der Waals surface area contributed by atoms with Gasteiger partial charge in [0.1, 0.15) is 0 Å². The average Bonchev–Trinajstić information content (AvgIpc) is 2.97. The Morgan fingerprint density at radius 3 is 1.90 bits per heavy atom. The van der Waals surface area contributed by atoms with E-state index in [0.717, 1.165) is 11.1 Å². The van der Waals surface area contributed by atoms with E-state index >= 15 is 0 Å². The number of unbranched alkanes of at least 4 members (excludes halogenated alkanes) is 1. The van der Waals surface area contributed by atoms with Crippen molar-refractivity contribution in [2.24, 2.45) is 11.7 Å². The summed E-state index contributed by atoms with van der Waals surface area (Å²) in [6.07, 6.45) is 1.46. The van der Waals surface area contributed by atoms with Gasteiger partial charge in [-0.25, -0.2) is 8.42 Å². The van der Waals surface area contributed by atoms with Gasteiger partial charge in [-0.1, -0.05) is 80.9 Å². The Labute approximate surface area is 251 Å². The second kappa shape index (κ2) is 15.8. The number of carbonyl (C=O) groups excluding carboxylic acids is 1. The molecule has 3 rings (SSSR count). The molecule has 0 radical (unpaired) electrons. The minimum Gasteiger partial charge on any atom is -0.399 e. The number of nitrogens with zero attached hydrogens (tertiary/aromatic N) is 1. The van der Waals surface area contributed by atoms with Crippen LogP contribution < -0.4 is 16.8 Å². The zero-order valence-electron chi connectivity index (χ0n) is 24.9. The molecule has 3 aromatic rings. The maximum Gasteiger partial charge on any atom is 0.243 e. The third kappa shape index (κ3) is 9.13. The number of rotatable bonds is 16. The fourth-order valence-corrected chi connectivity index (χ4v) is 6.87. The Morgan fingerprint density at radius 1 is 0.857 bits per heavy atom. The molecule has 0 saturated heterocycles. The zero-order valence-corrected chi connectivity index (χ0v) is 25.7. The van der Waals surface area contributed by atoms with Crippen molar-refractivity contribution in [2.45, 2.75) is 75.5 Å². The number of nitrogen functional groups attached to an aromatic ring is 1. The van der Waals surface area contributed by atoms with Crippen molar-refractivity contribution in [3.8, 4) is 0 Å². The average molecular weight is 595 g/mol. The van der Waals surface area contributed by atoms with Gasteiger partial charge in [0, 0.05) is 24.7 Å². The highest BCUT2D eigenvalue weighted by Crippen LogP contribution is 2.28. The largest absolute Gasteiger partial charge is 0.399 e. The number of carbonyl (C=O) groups is 1. The minimum atomic E-state index is -3.86. The third-order valence-corrected chi connectivity index (χ3v) is 9.48. The number of benzene rings is 3. The molecule has 3 atom stereocenters. The van der Waals surface area contributed by atoms with Gasteiger partial charge in [-0.2, -0.15) is 4.31 Å². The Hall–Kier alpha value is -3.24. The van der Waals surface area contributed by atoms with Crippen LogP contribution in [0.5, 0.6) is 0 Å². The first-order chi connectivity index (χ1) is 20.0. The van der Waals surface area contributed by atoms with Crippen molar-refractivity contribution in [1.82, 2.24) is 9.62 Å². The van der Waals surface area contributed by atoms with Crippen molar-refractivity contribution >= 4 is 21.6 Å². The summed E-state index contributed by atoms with van der Waals surface area (Å²) in [6, 6.07) is 24.3. The molecule has 1 amide bonds. The number of aliphatic hydroxyl groups excluding tert-OH is 1. The monoisotopic (exact) mass is 594 g/mol. The first-order valence-corrected chi connectivity index (χ1v) is 16.1. The quantitative estimate of drug-likeness (QED) is 0.142. The van der Waals surface area contributed by atoms with Crippen molar-refractivity contribution in [3.63, 3.8) is 0 Å². The Morgan fingerprint density at radius 2 is 1.40 bits per heavy atom. The molecule has 0 saturated carbocycles. The van der Waals surface area contributed by atoms with E-state index in [1.807, 2.05) is 74.5 Å². The molecule has 0 fully saturated rings. The molecule has 6 N–H and O–H groups in total. The molecule has 0 aliphatic carbocycles. The Balaban J connectivity index is 1.64. The van der Waals surface area contributed by atoms with Gasteiger partial charge in [0.05, 0.1) is 23.1 Å². The van der Waals surface area contributed by atoms with Crippen LogP contribution in [0, 0.1) is 5.92 Å². The summed E-state index contributed by atoms with van der Waals surface area (Å²) < 4.78 is 28.7. The van der Waals surface area contributed by atoms with Crippen molar-refractivity contribution in [1.29, 1.82) is 0 Å². The normalized spacial score (nSPS) is 14.2. The number of sulfonamides is 1. The Kier molecular flexibility index (Phi) is 12.5. The van der Waals surface area contributed by atoms with Crippen LogP contribution in [0.25, 0.3) is 0 Å². The van der Waals surface area contributed by atoms with Crippen LogP contribution >= 0.6 is 0 Å². The summed E-state index contributed by atoms with van der Waals surface area (Å²) in [4.78, 5) is 13.3. The number of nitrogens with one attached hydrogen (secondary N) is 1. The summed E-state index contributed by atoms with van der Waals surface area (Å²) in [6.45, 7) is 6.40. The molecule has 0 heterocycles. The van der Waals surface area contributed by atoms with E-state index in [2.05, 4.69) is 5.32 Å². The number of hydrogen-bond donors (Lipinski definition) is 4. The van der Waals surface area contributed by atoms with Crippen molar-refractivity contribution in [3.05, 3.63) is 96.1 Å². The van der Waals surface area contributed by atoms with Gasteiger partial charge in [0.2, 0.25) is 15.9 Å². The maximum atomic E-state index is 13.7. The van der Waals surface area contributed by atoms with E-state index in [0.29, 0.717) is 50.4 Å². The molecule has 42 heavy (non-hydrogen) atoms. The van der Waals surface area contributed by atoms with Crippen LogP contribution in [0.15, 0.2) is 89.8 Å². The van der Waals surface area contributed by atoms with Crippen LogP contribution in [0.4, 0.5) is 5.69 Å². The molecule has 0 bridgehead atoms. The van der Waals surface area contributed by atoms with Gasteiger partial charge in [-0.05, 0) is 67.5 Å². The SMILES string of the molecule is CC(C)CCN(C(CCCCNC(=O)C(N)C(c1ccccc1)c1ccccc1)[C@H](C)O)S(=O)(=O)c1ccc(N)cc1. The van der Waals surface area contributed by atoms with Gasteiger partial charge < -0.3 is 21.9 Å². The van der Waals surface area contributed by atoms with Crippen molar-refractivity contribution < 1.29 is 18.3 Å². The molecular weight excluding hydrogens is 548 g/mol. The van der Waals surface area contributed by atoms with E-state index in [4.69, 9.17) is 11.5 Å². The van der Waals surface area contributed by atoms with Crippen LogP contribution in [0.3, 0.4) is 0 Å². The van der Waals surface area contributed by atoms with E-state index in [1.165, 1.54) is 16.4 Å². The van der Waals surface area contributed by atoms with Crippen LogP contribution in [-0.2, 0) is 14.8 Å². The molecule has 9 heteroatoms. The molecule has 0 aromatic heterocycles. The van der Waals surface area contributed by atoms with E-state index in [1.54, 1.807) is 19.1 Å². The second-order valence-corrected chi connectivity index (χ2v) is 13.2. The molecule has 8 nitrogen and oxygen atoms in total. The summed E-state index contributed by atoms with van der Waals surface area (Å²) in [5.41, 5.74) is 14.7. The van der Waals surface area contributed by atoms with E-state index < -0.39 is 28.2 Å². The molecule has 2 unspecified atom stereocenters. The number of aliphatic hydroxyl groups is 1. The van der Waals surface area contributed by atoms with Gasteiger partial charge in [0.25, 0.3) is 0 Å². The van der Waals surface area contributed by atoms with Crippen LogP contribution in [0.1, 0.15) is 63.5 Å². The highest BCUT2D eigenvalue weighted by atomic mass is 32.2. The number of anilines is 1. The number of amides is 1. The van der Waals surface area contributed by atoms with Gasteiger partial charge in [-0.15, -0.1) is 0 Å². The molecule has 0 aliphatic rings. The molecule has 228 valence electrons. The minimum absolute atomic E-state index is 0.152. The molecule has 3 aromatic carbocycles. The molecule has 0 spiro atoms. The number of hydrogen-bond acceptors (Lipinski definition) is 6. The number of nitrogens with two attached hydrogens (primary N) is 2. The lowest BCUT2D eigenvalue weighted by molar-refractivity contribution is -0.122. The highest BCUT2D eigenvalue weighted by molar-refractivity contribution is 7.89. The molecule has 0 aliphatic heterocycles. The van der Waals surface area contributed by atoms with Gasteiger partial charge in [0.15, 0.2) is 0 Å². The van der Waals surface area contributed by atoms with Crippen LogP contribution in [0.2, 0.25) is 0 Å². The topological polar surface area (TPSA) is 139 Å². The van der Waals surface area contributed by atoms with Gasteiger partial charge in [-0.3, -0.25) is 4.79 Å². The predicted octanol–water partition coefficient (Wildman–Crippen LogP) is 4.50. The summed E-state index contributed by atoms with van der Waals surface area (Å²) in [5.74, 6) is -0.247. The first kappa shape index (κ1) is 33.3. The lowest BCUT2D eigenvalue weighted by Gasteiger charge is -2.33. The highest BCUT2D eigenvalue weighted by Gasteiger charge is 2.34. The smallest absolute Gasteiger partial charge is 0.243 e. The lowest BCUT2D eigenvalue weighted by Crippen LogP contribution is -2.47. The fourth-order valence-electron chi connectivity index (χ4n) is 5.14. The summed E-state index contributed by atoms with van der Waals surface area (Å²) >= 11 is 0. The standard InChI is InChI=1S/C33H46N4O4S/c1-24(2)21-23-37(42(40,41)29-19-17-28(34)18-20-29)30(25(3)38)16-10-11-22-36-33(39)32(35)31(26-12-6-4-7-13-26)27-14-8-5-9-15-27/h4-9,12-15,17-20,24-25,30-32,38H,10-11,16,21-23,34-35H2,1-3H3,(H,36,39)/t25-,30?,32?/m0/s1. The zero-order chi connectivity index (χ0) is 30.7. The predicted molar refractivity (Wildman–Crippen MR) is 169 cm³/mol. The summed E-state index contributed by atoms with van der Waals surface area (Å²) in [7, 11) is -3.86. The van der Waals surface area contributed by atoms with Gasteiger partial charge >= 0.3 is 0 Å². The first-order valence-electron chi connectivity index (χ1n) is 14.7. The third-order valence-electron chi connectivity index (χ3n) is 7.55.